The van der Waals surface area contributed by atoms with Gasteiger partial charge in [0.15, 0.2) is 0 Å². The molecule has 1 amide bonds. The van der Waals surface area contributed by atoms with Crippen molar-refractivity contribution in [3.05, 3.63) is 65.9 Å². The van der Waals surface area contributed by atoms with Crippen molar-refractivity contribution in [2.75, 3.05) is 13.7 Å². The van der Waals surface area contributed by atoms with Gasteiger partial charge in [0, 0.05) is 65.4 Å². The Labute approximate surface area is 231 Å². The van der Waals surface area contributed by atoms with Crippen molar-refractivity contribution in [3.63, 3.8) is 0 Å². The number of methoxy groups -OCH3 is 1. The average molecular weight is 545 g/mol. The normalized spacial score (nSPS) is 11.6. The zero-order valence-corrected chi connectivity index (χ0v) is 23.0. The molecule has 40 heavy (non-hydrogen) atoms. The van der Waals surface area contributed by atoms with Crippen molar-refractivity contribution in [2.45, 2.75) is 46.1 Å². The lowest BCUT2D eigenvalue weighted by Gasteiger charge is -2.15. The van der Waals surface area contributed by atoms with Gasteiger partial charge in [0.05, 0.1) is 18.3 Å². The summed E-state index contributed by atoms with van der Waals surface area (Å²) in [5.41, 5.74) is 4.70. The summed E-state index contributed by atoms with van der Waals surface area (Å²) in [7, 11) is 1.57. The summed E-state index contributed by atoms with van der Waals surface area (Å²) in [6, 6.07) is 10.4. The number of H-pyrrole nitrogens is 2. The van der Waals surface area contributed by atoms with Crippen molar-refractivity contribution >= 4 is 33.7 Å². The van der Waals surface area contributed by atoms with Crippen LogP contribution in [0.15, 0.2) is 48.8 Å². The summed E-state index contributed by atoms with van der Waals surface area (Å²) in [5, 5.41) is 14.9. The summed E-state index contributed by atoms with van der Waals surface area (Å²) < 4.78 is 22.4. The van der Waals surface area contributed by atoms with Crippen LogP contribution in [0.2, 0.25) is 0 Å². The first-order chi connectivity index (χ1) is 19.2. The number of carbonyl (C=O) groups excluding carboxylic acids is 1. The van der Waals surface area contributed by atoms with E-state index < -0.39 is 11.8 Å². The van der Waals surface area contributed by atoms with Crippen LogP contribution < -0.4 is 10.1 Å². The maximum Gasteiger partial charge on any atom is 0.352 e. The molecule has 0 saturated heterocycles. The van der Waals surface area contributed by atoms with E-state index in [0.717, 1.165) is 28.3 Å². The largest absolute Gasteiger partial charge is 0.497 e. The minimum atomic E-state index is -1.11. The Morgan fingerprint density at radius 3 is 2.62 bits per heavy atom. The summed E-state index contributed by atoms with van der Waals surface area (Å²) in [4.78, 5) is 30.8. The number of ether oxygens (including phenoxy) is 1. The van der Waals surface area contributed by atoms with Gasteiger partial charge in [-0.15, -0.1) is 0 Å². The second-order valence-electron chi connectivity index (χ2n) is 10.2. The number of aromatic carboxylic acids is 1. The molecular weight excluding hydrogens is 511 g/mol. The Kier molecular flexibility index (Phi) is 7.38. The van der Waals surface area contributed by atoms with E-state index in [9.17, 15) is 19.1 Å². The van der Waals surface area contributed by atoms with Gasteiger partial charge in [-0.2, -0.15) is 0 Å². The van der Waals surface area contributed by atoms with Crippen molar-refractivity contribution in [2.24, 2.45) is 0 Å². The third kappa shape index (κ3) is 4.83. The van der Waals surface area contributed by atoms with E-state index in [1.165, 1.54) is 12.1 Å². The highest BCUT2D eigenvalue weighted by Gasteiger charge is 2.28. The van der Waals surface area contributed by atoms with E-state index in [0.29, 0.717) is 53.2 Å². The van der Waals surface area contributed by atoms with E-state index in [4.69, 9.17) is 4.74 Å². The molecule has 0 spiro atoms. The van der Waals surface area contributed by atoms with Crippen LogP contribution in [0.4, 0.5) is 4.39 Å². The summed E-state index contributed by atoms with van der Waals surface area (Å²) >= 11 is 0. The molecule has 3 aromatic heterocycles. The zero-order valence-electron chi connectivity index (χ0n) is 23.0. The fourth-order valence-electron chi connectivity index (χ4n) is 5.50. The first kappa shape index (κ1) is 27.1. The van der Waals surface area contributed by atoms with E-state index in [1.807, 2.05) is 55.8 Å². The van der Waals surface area contributed by atoms with Crippen LogP contribution >= 0.6 is 0 Å². The second kappa shape index (κ2) is 10.9. The minimum absolute atomic E-state index is 0.0126. The van der Waals surface area contributed by atoms with Gasteiger partial charge < -0.3 is 29.7 Å². The maximum absolute atomic E-state index is 14.7. The number of amides is 1. The first-order valence-corrected chi connectivity index (χ1v) is 13.4. The predicted molar refractivity (Wildman–Crippen MR) is 154 cm³/mol. The molecule has 9 heteroatoms. The number of rotatable bonds is 10. The number of hydrogen-bond acceptors (Lipinski definition) is 3. The lowest BCUT2D eigenvalue weighted by molar-refractivity contribution is -0.121. The molecule has 0 bridgehead atoms. The summed E-state index contributed by atoms with van der Waals surface area (Å²) in [6.45, 7) is 6.97. The molecule has 0 aliphatic heterocycles. The van der Waals surface area contributed by atoms with Crippen LogP contribution in [0.3, 0.4) is 0 Å². The molecule has 0 atom stereocenters. The lowest BCUT2D eigenvalue weighted by Crippen LogP contribution is -2.26. The van der Waals surface area contributed by atoms with E-state index in [1.54, 1.807) is 13.3 Å². The van der Waals surface area contributed by atoms with Gasteiger partial charge in [0.2, 0.25) is 5.91 Å². The summed E-state index contributed by atoms with van der Waals surface area (Å²) in [6.07, 6.45) is 4.94. The van der Waals surface area contributed by atoms with Crippen LogP contribution in [0.5, 0.6) is 5.75 Å². The number of nitrogens with zero attached hydrogens (tertiary/aromatic N) is 1. The summed E-state index contributed by atoms with van der Waals surface area (Å²) in [5.74, 6) is -1.04. The van der Waals surface area contributed by atoms with E-state index in [-0.39, 0.29) is 17.5 Å². The van der Waals surface area contributed by atoms with Crippen LogP contribution in [-0.2, 0) is 11.3 Å². The first-order valence-electron chi connectivity index (χ1n) is 13.4. The molecule has 0 radical (unpaired) electrons. The number of carboxylic acid groups (broad SMARTS) is 1. The molecule has 0 aliphatic rings. The Balaban J connectivity index is 1.72. The number of carbonyl (C=O) groups is 2. The van der Waals surface area contributed by atoms with Gasteiger partial charge in [-0.3, -0.25) is 4.79 Å². The zero-order chi connectivity index (χ0) is 28.6. The van der Waals surface area contributed by atoms with Gasteiger partial charge in [-0.25, -0.2) is 9.18 Å². The third-order valence-electron chi connectivity index (χ3n) is 7.25. The van der Waals surface area contributed by atoms with E-state index >= 15 is 0 Å². The van der Waals surface area contributed by atoms with Crippen LogP contribution in [0.1, 0.15) is 55.6 Å². The molecular formula is C31H33FN4O4. The molecule has 208 valence electrons. The number of aromatic nitrogens is 3. The van der Waals surface area contributed by atoms with Crippen molar-refractivity contribution < 1.29 is 23.8 Å². The third-order valence-corrected chi connectivity index (χ3v) is 7.25. The Hall–Kier alpha value is -4.53. The number of benzene rings is 2. The molecule has 0 unspecified atom stereocenters. The second-order valence-corrected chi connectivity index (χ2v) is 10.2. The van der Waals surface area contributed by atoms with Gasteiger partial charge in [0.25, 0.3) is 0 Å². The highest BCUT2D eigenvalue weighted by molar-refractivity contribution is 6.07. The molecule has 2 aromatic carbocycles. The number of carboxylic acids is 1. The Bertz CT molecular complexity index is 1730. The quantitative estimate of drug-likeness (QED) is 0.157. The highest BCUT2D eigenvalue weighted by atomic mass is 19.1. The molecule has 4 N–H and O–H groups in total. The van der Waals surface area contributed by atoms with Gasteiger partial charge in [0.1, 0.15) is 17.3 Å². The van der Waals surface area contributed by atoms with Crippen molar-refractivity contribution in [1.82, 2.24) is 19.9 Å². The molecule has 0 fully saturated rings. The lowest BCUT2D eigenvalue weighted by atomic mass is 9.89. The van der Waals surface area contributed by atoms with Crippen molar-refractivity contribution in [3.8, 4) is 28.1 Å². The fraction of sp³-hybridized carbons (Fsp3) is 0.290. The topological polar surface area (TPSA) is 112 Å². The molecule has 0 saturated carbocycles. The Morgan fingerprint density at radius 1 is 1.12 bits per heavy atom. The van der Waals surface area contributed by atoms with Gasteiger partial charge >= 0.3 is 5.97 Å². The Morgan fingerprint density at radius 2 is 1.93 bits per heavy atom. The fourth-order valence-corrected chi connectivity index (χ4v) is 5.50. The van der Waals surface area contributed by atoms with Crippen molar-refractivity contribution in [1.29, 1.82) is 0 Å². The molecule has 0 aliphatic carbocycles. The maximum atomic E-state index is 14.7. The van der Waals surface area contributed by atoms with Crippen LogP contribution in [0.25, 0.3) is 44.2 Å². The molecule has 5 aromatic rings. The standard InChI is InChI=1S/C31H33FN4O4/c1-5-6-26(37)34-10-12-36-11-8-21-22(15-19(40-4)16-25(21)36)28-27(17(2)3)29(35-30(28)31(38)39)23-13-18(32)14-24-20(23)7-9-33-24/h7-9,11,13-17,33,35H,5-6,10,12H2,1-4H3,(H,34,37)(H,38,39). The minimum Gasteiger partial charge on any atom is -0.497 e. The monoisotopic (exact) mass is 544 g/mol. The SMILES string of the molecule is CCCC(=O)NCCn1ccc2c(-c3c(C(=O)O)[nH]c(-c4cc(F)cc5[nH]ccc45)c3C(C)C)cc(OC)cc21. The average Bonchev–Trinajstić information content (AvgIpc) is 3.64. The van der Waals surface area contributed by atoms with Crippen LogP contribution in [0, 0.1) is 5.82 Å². The highest BCUT2D eigenvalue weighted by Crippen LogP contribution is 2.45. The van der Waals surface area contributed by atoms with Gasteiger partial charge in [-0.1, -0.05) is 20.8 Å². The molecule has 3 heterocycles. The molecule has 5 rings (SSSR count). The number of hydrogen-bond donors (Lipinski definition) is 4. The number of fused-ring (bicyclic) bond motifs is 2. The van der Waals surface area contributed by atoms with Crippen LogP contribution in [-0.4, -0.2) is 45.2 Å². The smallest absolute Gasteiger partial charge is 0.352 e. The van der Waals surface area contributed by atoms with E-state index in [2.05, 4.69) is 15.3 Å². The number of nitrogens with one attached hydrogen (secondary N) is 3. The number of halogens is 1. The molecule has 8 nitrogen and oxygen atoms in total. The van der Waals surface area contributed by atoms with Gasteiger partial charge in [-0.05, 0) is 53.8 Å². The number of aromatic amines is 2. The predicted octanol–water partition coefficient (Wildman–Crippen LogP) is 6.67.